The van der Waals surface area contributed by atoms with Gasteiger partial charge in [-0.05, 0) is 37.1 Å². The minimum atomic E-state index is -0.625. The Morgan fingerprint density at radius 2 is 0.909 bits per heavy atom. The molecule has 162 valence electrons. The molecule has 4 aromatic carbocycles. The molecule has 0 unspecified atom stereocenters. The van der Waals surface area contributed by atoms with Gasteiger partial charge in [-0.15, -0.1) is 0 Å². The topological polar surface area (TPSA) is 17.8 Å². The fraction of sp³-hybridized carbons (Fsp3) is 0.0690. The molecule has 0 saturated heterocycles. The van der Waals surface area contributed by atoms with Crippen molar-refractivity contribution in [3.63, 3.8) is 0 Å². The summed E-state index contributed by atoms with van der Waals surface area (Å²) in [7, 11) is -1.25. The zero-order valence-corrected chi connectivity index (χ0v) is 20.1. The normalized spacial score (nSPS) is 11.4. The molecule has 0 fully saturated rings. The van der Waals surface area contributed by atoms with Crippen molar-refractivity contribution in [3.8, 4) is 0 Å². The smallest absolute Gasteiger partial charge is 0.0946 e. The predicted molar refractivity (Wildman–Crippen MR) is 144 cm³/mol. The maximum Gasteiger partial charge on any atom is 0.0946 e. The van der Waals surface area contributed by atoms with Gasteiger partial charge in [-0.1, -0.05) is 121 Å². The summed E-state index contributed by atoms with van der Waals surface area (Å²) >= 11 is 0. The van der Waals surface area contributed by atoms with Crippen LogP contribution in [0.15, 0.2) is 140 Å². The number of rotatable bonds is 8. The highest BCUT2D eigenvalue weighted by molar-refractivity contribution is 7.89. The van der Waals surface area contributed by atoms with Crippen LogP contribution in [0, 0.1) is 0 Å². The van der Waals surface area contributed by atoms with Gasteiger partial charge in [-0.2, -0.15) is 0 Å². The second-order valence-corrected chi connectivity index (χ2v) is 13.0. The molecule has 0 aliphatic heterocycles. The molecule has 0 spiro atoms. The molecule has 0 aliphatic carbocycles. The van der Waals surface area contributed by atoms with E-state index in [-0.39, 0.29) is 0 Å². The first kappa shape index (κ1) is 21.8. The summed E-state index contributed by atoms with van der Waals surface area (Å²) in [6.45, 7) is 0.922. The third kappa shape index (κ3) is 5.14. The van der Waals surface area contributed by atoms with E-state index < -0.39 is 15.8 Å². The van der Waals surface area contributed by atoms with Crippen LogP contribution in [0.3, 0.4) is 0 Å². The molecule has 1 aromatic heterocycles. The summed E-state index contributed by atoms with van der Waals surface area (Å²) < 4.78 is 2.26. The van der Waals surface area contributed by atoms with E-state index in [2.05, 4.69) is 137 Å². The summed E-state index contributed by atoms with van der Waals surface area (Å²) in [4.78, 5) is 4.36. The molecule has 5 aromatic rings. The molecule has 0 N–H and O–H groups in total. The lowest BCUT2D eigenvalue weighted by molar-refractivity contribution is 0.745. The van der Waals surface area contributed by atoms with Crippen LogP contribution in [0.2, 0.25) is 0 Å². The van der Waals surface area contributed by atoms with Crippen molar-refractivity contribution in [1.82, 2.24) is 9.55 Å². The van der Waals surface area contributed by atoms with Crippen molar-refractivity contribution >= 4 is 37.1 Å². The number of imidazole rings is 1. The van der Waals surface area contributed by atoms with Crippen molar-refractivity contribution in [2.45, 2.75) is 11.9 Å². The first-order valence-corrected chi connectivity index (χ1v) is 14.0. The fourth-order valence-corrected chi connectivity index (χ4v) is 11.4. The minimum Gasteiger partial charge on any atom is -0.336 e. The highest BCUT2D eigenvalue weighted by atomic mass is 31.2. The summed E-state index contributed by atoms with van der Waals surface area (Å²) in [5.41, 5.74) is 0. The van der Waals surface area contributed by atoms with E-state index in [4.69, 9.17) is 0 Å². The molecule has 5 rings (SSSR count). The third-order valence-electron chi connectivity index (χ3n) is 5.67. The molecule has 0 amide bonds. The van der Waals surface area contributed by atoms with Crippen molar-refractivity contribution in [2.24, 2.45) is 0 Å². The average molecular weight is 464 g/mol. The Hall–Kier alpha value is -3.05. The lowest BCUT2D eigenvalue weighted by atomic mass is 10.4. The Balaban J connectivity index is 1.72. The predicted octanol–water partition coefficient (Wildman–Crippen LogP) is 5.48. The standard InChI is InChI=1S/C29H26N2P2/c1-5-13-25(14-6-1)32(26-15-7-2-8-16-26)29(23-31-22-21-30-24-31)33(27-17-9-3-10-18-27)28-19-11-4-12-20-28/h1-22,24,29H,23H2. The van der Waals surface area contributed by atoms with Gasteiger partial charge in [0.2, 0.25) is 0 Å². The third-order valence-corrected chi connectivity index (χ3v) is 12.0. The van der Waals surface area contributed by atoms with E-state index in [1.807, 2.05) is 12.5 Å². The van der Waals surface area contributed by atoms with Crippen LogP contribution in [0.25, 0.3) is 0 Å². The molecule has 0 bridgehead atoms. The Morgan fingerprint density at radius 3 is 1.21 bits per heavy atom. The number of benzene rings is 4. The van der Waals surface area contributed by atoms with E-state index >= 15 is 0 Å². The maximum absolute atomic E-state index is 4.36. The molecular weight excluding hydrogens is 438 g/mol. The molecule has 33 heavy (non-hydrogen) atoms. The first-order chi connectivity index (χ1) is 16.4. The Bertz CT molecular complexity index is 1070. The van der Waals surface area contributed by atoms with Gasteiger partial charge in [0.1, 0.15) is 0 Å². The van der Waals surface area contributed by atoms with E-state index in [9.17, 15) is 0 Å². The molecule has 0 saturated carbocycles. The van der Waals surface area contributed by atoms with Crippen LogP contribution in [0.4, 0.5) is 0 Å². The van der Waals surface area contributed by atoms with Crippen LogP contribution in [0.1, 0.15) is 0 Å². The zero-order chi connectivity index (χ0) is 22.3. The zero-order valence-electron chi connectivity index (χ0n) is 18.4. The second kappa shape index (κ2) is 10.7. The lowest BCUT2D eigenvalue weighted by Gasteiger charge is -2.36. The van der Waals surface area contributed by atoms with Crippen molar-refractivity contribution in [2.75, 3.05) is 0 Å². The maximum atomic E-state index is 4.36. The largest absolute Gasteiger partial charge is 0.336 e. The monoisotopic (exact) mass is 464 g/mol. The summed E-state index contributed by atoms with van der Waals surface area (Å²) in [6.07, 6.45) is 5.94. The SMILES string of the molecule is c1ccc(P(c2ccccc2)C(Cn2ccnc2)P(c2ccccc2)c2ccccc2)cc1. The molecule has 0 atom stereocenters. The van der Waals surface area contributed by atoms with Crippen molar-refractivity contribution in [3.05, 3.63) is 140 Å². The van der Waals surface area contributed by atoms with E-state index in [0.717, 1.165) is 6.54 Å². The quantitative estimate of drug-likeness (QED) is 0.278. The number of aromatic nitrogens is 2. The number of nitrogens with zero attached hydrogens (tertiary/aromatic N) is 2. The number of hydrogen-bond acceptors (Lipinski definition) is 1. The van der Waals surface area contributed by atoms with Crippen molar-refractivity contribution < 1.29 is 0 Å². The average Bonchev–Trinajstić information content (AvgIpc) is 3.40. The first-order valence-electron chi connectivity index (χ1n) is 11.1. The summed E-state index contributed by atoms with van der Waals surface area (Å²) in [5, 5.41) is 6.08. The highest BCUT2D eigenvalue weighted by Crippen LogP contribution is 2.56. The second-order valence-electron chi connectivity index (χ2n) is 7.82. The number of hydrogen-bond donors (Lipinski definition) is 0. The van der Waals surface area contributed by atoms with Gasteiger partial charge in [-0.25, -0.2) is 4.98 Å². The minimum absolute atomic E-state index is 0.402. The molecule has 1 heterocycles. The Morgan fingerprint density at radius 1 is 0.545 bits per heavy atom. The summed E-state index contributed by atoms with van der Waals surface area (Å²) in [6, 6.07) is 44.3. The Kier molecular flexibility index (Phi) is 7.07. The van der Waals surface area contributed by atoms with Gasteiger partial charge in [-0.3, -0.25) is 0 Å². The van der Waals surface area contributed by atoms with Gasteiger partial charge in [0.25, 0.3) is 0 Å². The Labute approximate surface area is 198 Å². The van der Waals surface area contributed by atoms with E-state index in [1.165, 1.54) is 21.2 Å². The van der Waals surface area contributed by atoms with Crippen LogP contribution in [-0.2, 0) is 6.54 Å². The van der Waals surface area contributed by atoms with Gasteiger partial charge in [0, 0.05) is 24.3 Å². The van der Waals surface area contributed by atoms with E-state index in [1.54, 1.807) is 0 Å². The molecule has 0 aliphatic rings. The van der Waals surface area contributed by atoms with Crippen LogP contribution in [-0.4, -0.2) is 15.0 Å². The van der Waals surface area contributed by atoms with Crippen LogP contribution < -0.4 is 21.2 Å². The fourth-order valence-electron chi connectivity index (χ4n) is 4.20. The van der Waals surface area contributed by atoms with Crippen molar-refractivity contribution in [1.29, 1.82) is 0 Å². The molecule has 4 heteroatoms. The lowest BCUT2D eigenvalue weighted by Crippen LogP contribution is -2.30. The molecule has 2 nitrogen and oxygen atoms in total. The van der Waals surface area contributed by atoms with Gasteiger partial charge >= 0.3 is 0 Å². The van der Waals surface area contributed by atoms with Gasteiger partial charge < -0.3 is 4.57 Å². The van der Waals surface area contributed by atoms with Crippen LogP contribution >= 0.6 is 15.8 Å². The van der Waals surface area contributed by atoms with Gasteiger partial charge in [0.05, 0.1) is 6.33 Å². The molecular formula is C29H26N2P2. The summed E-state index contributed by atoms with van der Waals surface area (Å²) in [5.74, 6) is 0. The van der Waals surface area contributed by atoms with Crippen LogP contribution in [0.5, 0.6) is 0 Å². The molecule has 0 radical (unpaired) electrons. The van der Waals surface area contributed by atoms with E-state index in [0.29, 0.717) is 5.40 Å². The van der Waals surface area contributed by atoms with Gasteiger partial charge in [0.15, 0.2) is 0 Å². The highest BCUT2D eigenvalue weighted by Gasteiger charge is 2.33.